The third-order valence-corrected chi connectivity index (χ3v) is 4.29. The lowest BCUT2D eigenvalue weighted by Crippen LogP contribution is -2.19. The third-order valence-electron chi connectivity index (χ3n) is 4.29. The number of hydrogen-bond acceptors (Lipinski definition) is 3. The summed E-state index contributed by atoms with van der Waals surface area (Å²) in [6.45, 7) is 3.27. The van der Waals surface area contributed by atoms with E-state index in [2.05, 4.69) is 5.32 Å². The first-order chi connectivity index (χ1) is 9.44. The number of nitrogens with one attached hydrogen (secondary N) is 1. The van der Waals surface area contributed by atoms with Crippen molar-refractivity contribution in [3.8, 4) is 0 Å². The molecule has 1 amide bonds. The minimum absolute atomic E-state index is 0.0162. The molecule has 1 aromatic rings. The Bertz CT molecular complexity index is 629. The van der Waals surface area contributed by atoms with E-state index in [9.17, 15) is 14.4 Å². The monoisotopic (exact) mass is 271 g/mol. The molecule has 0 saturated heterocycles. The normalized spacial score (nSPS) is 19.4. The number of carbonyl (C=O) groups excluding carboxylic acids is 3. The predicted molar refractivity (Wildman–Crippen MR) is 74.8 cm³/mol. The number of amides is 1. The number of ketones is 2. The van der Waals surface area contributed by atoms with Gasteiger partial charge in [0.05, 0.1) is 5.41 Å². The average molecular weight is 271 g/mol. The molecule has 1 aliphatic carbocycles. The van der Waals surface area contributed by atoms with Gasteiger partial charge in [-0.2, -0.15) is 0 Å². The SMILES string of the molecule is CC(=O)CC(C)C(=O)c1ccc2c(c1)C1(CC1)C(=O)N2. The van der Waals surface area contributed by atoms with Crippen LogP contribution < -0.4 is 5.32 Å². The second kappa shape index (κ2) is 4.27. The van der Waals surface area contributed by atoms with E-state index in [1.807, 2.05) is 6.07 Å². The highest BCUT2D eigenvalue weighted by Crippen LogP contribution is 2.55. The maximum absolute atomic E-state index is 12.3. The molecule has 1 N–H and O–H groups in total. The summed E-state index contributed by atoms with van der Waals surface area (Å²) in [7, 11) is 0. The molecular weight excluding hydrogens is 254 g/mol. The van der Waals surface area contributed by atoms with Gasteiger partial charge in [-0.3, -0.25) is 9.59 Å². The standard InChI is InChI=1S/C16H17NO3/c1-9(7-10(2)18)14(19)11-3-4-13-12(8-11)16(5-6-16)15(20)17-13/h3-4,8-9H,5-7H2,1-2H3,(H,17,20). The first-order valence-electron chi connectivity index (χ1n) is 6.94. The van der Waals surface area contributed by atoms with Gasteiger partial charge in [-0.15, -0.1) is 0 Å². The van der Waals surface area contributed by atoms with E-state index >= 15 is 0 Å². The zero-order valence-electron chi connectivity index (χ0n) is 11.7. The summed E-state index contributed by atoms with van der Waals surface area (Å²) in [5.41, 5.74) is 1.99. The lowest BCUT2D eigenvalue weighted by molar-refractivity contribution is -0.118. The van der Waals surface area contributed by atoms with E-state index in [4.69, 9.17) is 0 Å². The molecule has 3 rings (SSSR count). The van der Waals surface area contributed by atoms with Crippen molar-refractivity contribution in [2.45, 2.75) is 38.5 Å². The van der Waals surface area contributed by atoms with Crippen LogP contribution in [0.1, 0.15) is 49.0 Å². The van der Waals surface area contributed by atoms with Crippen molar-refractivity contribution in [1.82, 2.24) is 0 Å². The highest BCUT2D eigenvalue weighted by Gasteiger charge is 2.56. The fourth-order valence-corrected chi connectivity index (χ4v) is 3.00. The molecule has 4 nitrogen and oxygen atoms in total. The van der Waals surface area contributed by atoms with Crippen LogP contribution in [0.4, 0.5) is 5.69 Å². The van der Waals surface area contributed by atoms with Gasteiger partial charge in [-0.25, -0.2) is 0 Å². The quantitative estimate of drug-likeness (QED) is 0.856. The molecule has 4 heteroatoms. The molecule has 1 saturated carbocycles. The van der Waals surface area contributed by atoms with Crippen LogP contribution in [-0.2, 0) is 15.0 Å². The van der Waals surface area contributed by atoms with Gasteiger partial charge in [0.15, 0.2) is 5.78 Å². The van der Waals surface area contributed by atoms with Gasteiger partial charge in [0.25, 0.3) is 0 Å². The summed E-state index contributed by atoms with van der Waals surface area (Å²) in [4.78, 5) is 35.4. The van der Waals surface area contributed by atoms with Crippen LogP contribution in [-0.4, -0.2) is 17.5 Å². The van der Waals surface area contributed by atoms with Crippen LogP contribution in [0.2, 0.25) is 0 Å². The maximum atomic E-state index is 12.3. The Labute approximate surface area is 117 Å². The Balaban J connectivity index is 1.91. The van der Waals surface area contributed by atoms with Crippen LogP contribution >= 0.6 is 0 Å². The lowest BCUT2D eigenvalue weighted by Gasteiger charge is -2.11. The largest absolute Gasteiger partial charge is 0.325 e. The lowest BCUT2D eigenvalue weighted by atomic mass is 9.90. The van der Waals surface area contributed by atoms with Crippen molar-refractivity contribution in [3.63, 3.8) is 0 Å². The number of benzene rings is 1. The molecule has 0 bridgehead atoms. The summed E-state index contributed by atoms with van der Waals surface area (Å²) < 4.78 is 0. The van der Waals surface area contributed by atoms with Crippen LogP contribution in [0.5, 0.6) is 0 Å². The van der Waals surface area contributed by atoms with Crippen molar-refractivity contribution >= 4 is 23.2 Å². The van der Waals surface area contributed by atoms with E-state index in [1.165, 1.54) is 6.92 Å². The topological polar surface area (TPSA) is 63.2 Å². The van der Waals surface area contributed by atoms with Gasteiger partial charge in [-0.05, 0) is 43.5 Å². The van der Waals surface area contributed by atoms with E-state index in [0.717, 1.165) is 24.1 Å². The Kier molecular flexibility index (Phi) is 2.78. The molecule has 104 valence electrons. The number of Topliss-reactive ketones (excluding diaryl/α,β-unsaturated/α-hetero) is 2. The highest BCUT2D eigenvalue weighted by atomic mass is 16.2. The molecule has 20 heavy (non-hydrogen) atoms. The van der Waals surface area contributed by atoms with Crippen molar-refractivity contribution in [3.05, 3.63) is 29.3 Å². The first-order valence-corrected chi connectivity index (χ1v) is 6.94. The molecular formula is C16H17NO3. The Morgan fingerprint density at radius 1 is 1.35 bits per heavy atom. The molecule has 1 spiro atoms. The molecule has 2 aliphatic rings. The predicted octanol–water partition coefficient (Wildman–Crippen LogP) is 2.47. The van der Waals surface area contributed by atoms with Crippen molar-refractivity contribution < 1.29 is 14.4 Å². The van der Waals surface area contributed by atoms with Gasteiger partial charge in [0.2, 0.25) is 5.91 Å². The van der Waals surface area contributed by atoms with Crippen LogP contribution in [0.15, 0.2) is 18.2 Å². The van der Waals surface area contributed by atoms with E-state index in [1.54, 1.807) is 19.1 Å². The van der Waals surface area contributed by atoms with Crippen molar-refractivity contribution in [2.24, 2.45) is 5.92 Å². The minimum Gasteiger partial charge on any atom is -0.325 e. The molecule has 1 unspecified atom stereocenters. The second-order valence-electron chi connectivity index (χ2n) is 5.97. The van der Waals surface area contributed by atoms with Crippen molar-refractivity contribution in [1.29, 1.82) is 0 Å². The maximum Gasteiger partial charge on any atom is 0.235 e. The summed E-state index contributed by atoms with van der Waals surface area (Å²) in [6, 6.07) is 5.37. The molecule has 0 aromatic heterocycles. The van der Waals surface area contributed by atoms with Gasteiger partial charge in [0.1, 0.15) is 5.78 Å². The van der Waals surface area contributed by atoms with Gasteiger partial charge >= 0.3 is 0 Å². The van der Waals surface area contributed by atoms with Gasteiger partial charge in [-0.1, -0.05) is 6.92 Å². The smallest absolute Gasteiger partial charge is 0.235 e. The third kappa shape index (κ3) is 1.87. The number of carbonyl (C=O) groups is 3. The minimum atomic E-state index is -0.380. The Hall–Kier alpha value is -1.97. The first kappa shape index (κ1) is 13.0. The van der Waals surface area contributed by atoms with E-state index in [0.29, 0.717) is 5.56 Å². The average Bonchev–Trinajstić information content (AvgIpc) is 3.13. The van der Waals surface area contributed by atoms with E-state index in [-0.39, 0.29) is 35.2 Å². The number of fused-ring (bicyclic) bond motifs is 2. The van der Waals surface area contributed by atoms with Gasteiger partial charge in [0, 0.05) is 23.6 Å². The fourth-order valence-electron chi connectivity index (χ4n) is 3.00. The number of hydrogen-bond donors (Lipinski definition) is 1. The zero-order valence-corrected chi connectivity index (χ0v) is 11.7. The molecule has 1 atom stereocenters. The molecule has 1 fully saturated rings. The number of rotatable bonds is 4. The molecule has 0 radical (unpaired) electrons. The summed E-state index contributed by atoms with van der Waals surface area (Å²) in [5, 5.41) is 2.87. The molecule has 1 aromatic carbocycles. The molecule has 1 aliphatic heterocycles. The van der Waals surface area contributed by atoms with Crippen LogP contribution in [0.3, 0.4) is 0 Å². The summed E-state index contributed by atoms with van der Waals surface area (Å²) >= 11 is 0. The fraction of sp³-hybridized carbons (Fsp3) is 0.438. The van der Waals surface area contributed by atoms with Crippen LogP contribution in [0.25, 0.3) is 0 Å². The number of anilines is 1. The second-order valence-corrected chi connectivity index (χ2v) is 5.97. The van der Waals surface area contributed by atoms with Gasteiger partial charge < -0.3 is 10.1 Å². The molecule has 1 heterocycles. The Morgan fingerprint density at radius 3 is 2.65 bits per heavy atom. The zero-order chi connectivity index (χ0) is 14.5. The van der Waals surface area contributed by atoms with Crippen molar-refractivity contribution in [2.75, 3.05) is 5.32 Å². The summed E-state index contributed by atoms with van der Waals surface area (Å²) in [6.07, 6.45) is 1.97. The van der Waals surface area contributed by atoms with E-state index < -0.39 is 0 Å². The Morgan fingerprint density at radius 2 is 2.05 bits per heavy atom. The summed E-state index contributed by atoms with van der Waals surface area (Å²) in [5.74, 6) is -0.277. The highest BCUT2D eigenvalue weighted by molar-refractivity contribution is 6.09. The van der Waals surface area contributed by atoms with Crippen LogP contribution in [0, 0.1) is 5.92 Å².